The Kier molecular flexibility index (Phi) is 4.61. The van der Waals surface area contributed by atoms with Crippen LogP contribution in [0.1, 0.15) is 23.6 Å². The molecule has 0 aliphatic carbocycles. The van der Waals surface area contributed by atoms with Crippen molar-refractivity contribution in [2.24, 2.45) is 0 Å². The fraction of sp³-hybridized carbons (Fsp3) is 0.250. The number of fused-ring (bicyclic) bond motifs is 1. The van der Waals surface area contributed by atoms with Crippen molar-refractivity contribution in [3.8, 4) is 5.75 Å². The van der Waals surface area contributed by atoms with Crippen LogP contribution >= 0.6 is 11.6 Å². The lowest BCUT2D eigenvalue weighted by molar-refractivity contribution is -0.128. The second kappa shape index (κ2) is 6.94. The summed E-state index contributed by atoms with van der Waals surface area (Å²) in [5.41, 5.74) is 1.55. The van der Waals surface area contributed by atoms with E-state index in [0.29, 0.717) is 27.5 Å². The molecule has 2 aromatic carbocycles. The maximum absolute atomic E-state index is 13.6. The molecule has 1 N–H and O–H groups in total. The SMILES string of the molecule is O=C(C1=Cc2cc(Cl)ccc2OC1)N1C[C@H](O)C[C@@H]1c1ccc(F)c(F)c1. The number of rotatable bonds is 2. The van der Waals surface area contributed by atoms with Crippen molar-refractivity contribution in [2.75, 3.05) is 13.2 Å². The summed E-state index contributed by atoms with van der Waals surface area (Å²) in [6.45, 7) is 0.201. The predicted molar refractivity (Wildman–Crippen MR) is 96.4 cm³/mol. The van der Waals surface area contributed by atoms with Gasteiger partial charge in [0.25, 0.3) is 5.91 Å². The summed E-state index contributed by atoms with van der Waals surface area (Å²) in [5.74, 6) is -1.61. The molecule has 2 aromatic rings. The van der Waals surface area contributed by atoms with Gasteiger partial charge < -0.3 is 14.7 Å². The molecule has 2 aliphatic rings. The minimum atomic E-state index is -0.981. The molecule has 0 spiro atoms. The Hall–Kier alpha value is -2.44. The second-order valence-electron chi connectivity index (χ2n) is 6.68. The van der Waals surface area contributed by atoms with Crippen LogP contribution in [0.5, 0.6) is 5.75 Å². The molecule has 4 nitrogen and oxygen atoms in total. The van der Waals surface area contributed by atoms with E-state index in [1.54, 1.807) is 24.3 Å². The van der Waals surface area contributed by atoms with Gasteiger partial charge in [0, 0.05) is 17.1 Å². The summed E-state index contributed by atoms with van der Waals surface area (Å²) in [5, 5.41) is 10.6. The Morgan fingerprint density at radius 3 is 2.78 bits per heavy atom. The Labute approximate surface area is 159 Å². The van der Waals surface area contributed by atoms with Crippen molar-refractivity contribution in [1.82, 2.24) is 4.90 Å². The van der Waals surface area contributed by atoms with Crippen molar-refractivity contribution >= 4 is 23.6 Å². The number of hydrogen-bond acceptors (Lipinski definition) is 3. The molecule has 27 heavy (non-hydrogen) atoms. The number of nitrogens with zero attached hydrogens (tertiary/aromatic N) is 1. The summed E-state index contributed by atoms with van der Waals surface area (Å²) in [4.78, 5) is 14.5. The molecule has 1 amide bonds. The summed E-state index contributed by atoms with van der Waals surface area (Å²) in [6, 6.07) is 8.13. The zero-order valence-electron chi connectivity index (χ0n) is 14.2. The zero-order valence-corrected chi connectivity index (χ0v) is 14.9. The van der Waals surface area contributed by atoms with Crippen LogP contribution in [0.25, 0.3) is 6.08 Å². The van der Waals surface area contributed by atoms with Gasteiger partial charge in [0.1, 0.15) is 12.4 Å². The Morgan fingerprint density at radius 2 is 2.00 bits per heavy atom. The third kappa shape index (κ3) is 3.42. The normalized spacial score (nSPS) is 21.5. The second-order valence-corrected chi connectivity index (χ2v) is 7.11. The molecule has 2 atom stereocenters. The smallest absolute Gasteiger partial charge is 0.253 e. The maximum atomic E-state index is 13.6. The number of halogens is 3. The van der Waals surface area contributed by atoms with Crippen LogP contribution in [0, 0.1) is 11.6 Å². The third-order valence-corrected chi connectivity index (χ3v) is 5.06. The van der Waals surface area contributed by atoms with E-state index >= 15 is 0 Å². The third-order valence-electron chi connectivity index (χ3n) is 4.83. The summed E-state index contributed by atoms with van der Waals surface area (Å²) < 4.78 is 32.5. The number of aliphatic hydroxyl groups is 1. The molecule has 2 heterocycles. The van der Waals surface area contributed by atoms with Crippen molar-refractivity contribution < 1.29 is 23.4 Å². The number of β-amino-alcohol motifs (C(OH)–C–C–N with tert-alkyl or cyclic N) is 1. The highest BCUT2D eigenvalue weighted by atomic mass is 35.5. The van der Waals surface area contributed by atoms with E-state index in [0.717, 1.165) is 12.1 Å². The van der Waals surface area contributed by atoms with Gasteiger partial charge in [-0.25, -0.2) is 8.78 Å². The molecule has 0 radical (unpaired) electrons. The first-order chi connectivity index (χ1) is 12.9. The van der Waals surface area contributed by atoms with Crippen molar-refractivity contribution in [1.29, 1.82) is 0 Å². The van der Waals surface area contributed by atoms with Gasteiger partial charge in [-0.05, 0) is 48.4 Å². The van der Waals surface area contributed by atoms with E-state index < -0.39 is 23.8 Å². The molecular weight excluding hydrogens is 376 g/mol. The van der Waals surface area contributed by atoms with E-state index in [1.807, 2.05) is 0 Å². The van der Waals surface area contributed by atoms with E-state index in [2.05, 4.69) is 0 Å². The van der Waals surface area contributed by atoms with Gasteiger partial charge in [-0.3, -0.25) is 4.79 Å². The first kappa shape index (κ1) is 17.9. The average molecular weight is 392 g/mol. The first-order valence-electron chi connectivity index (χ1n) is 8.49. The number of aliphatic hydroxyl groups excluding tert-OH is 1. The van der Waals surface area contributed by atoms with Crippen LogP contribution in [0.15, 0.2) is 42.0 Å². The maximum Gasteiger partial charge on any atom is 0.253 e. The van der Waals surface area contributed by atoms with Crippen molar-refractivity contribution in [2.45, 2.75) is 18.6 Å². The number of carbonyl (C=O) groups is 1. The van der Waals surface area contributed by atoms with Gasteiger partial charge in [0.2, 0.25) is 0 Å². The average Bonchev–Trinajstić information content (AvgIpc) is 3.04. The van der Waals surface area contributed by atoms with Gasteiger partial charge >= 0.3 is 0 Å². The highest BCUT2D eigenvalue weighted by molar-refractivity contribution is 6.30. The molecular formula is C20H16ClF2NO3. The van der Waals surface area contributed by atoms with Crippen LogP contribution < -0.4 is 4.74 Å². The lowest BCUT2D eigenvalue weighted by Crippen LogP contribution is -2.35. The Morgan fingerprint density at radius 1 is 1.19 bits per heavy atom. The van der Waals surface area contributed by atoms with Gasteiger partial charge in [-0.2, -0.15) is 0 Å². The summed E-state index contributed by atoms with van der Waals surface area (Å²) in [6.07, 6.45) is 1.23. The molecule has 7 heteroatoms. The van der Waals surface area contributed by atoms with Gasteiger partial charge in [0.05, 0.1) is 17.7 Å². The minimum Gasteiger partial charge on any atom is -0.488 e. The van der Waals surface area contributed by atoms with Crippen molar-refractivity contribution in [3.63, 3.8) is 0 Å². The van der Waals surface area contributed by atoms with E-state index in [-0.39, 0.29) is 25.5 Å². The summed E-state index contributed by atoms with van der Waals surface area (Å²) >= 11 is 6.00. The Bertz CT molecular complexity index is 947. The summed E-state index contributed by atoms with van der Waals surface area (Å²) in [7, 11) is 0. The molecule has 2 aliphatic heterocycles. The van der Waals surface area contributed by atoms with Gasteiger partial charge in [-0.1, -0.05) is 17.7 Å². The molecule has 1 fully saturated rings. The number of hydrogen-bond donors (Lipinski definition) is 1. The van der Waals surface area contributed by atoms with E-state index in [4.69, 9.17) is 16.3 Å². The standard InChI is InChI=1S/C20H16ClF2NO3/c21-14-2-4-19-12(6-14)5-13(10-27-19)20(26)24-9-15(25)8-18(24)11-1-3-16(22)17(23)7-11/h1-7,15,18,25H,8-10H2/t15-,18-/m1/s1. The Balaban J connectivity index is 1.64. The number of amides is 1. The van der Waals surface area contributed by atoms with Crippen LogP contribution in [0.3, 0.4) is 0 Å². The van der Waals surface area contributed by atoms with Crippen LogP contribution in [-0.4, -0.2) is 35.2 Å². The molecule has 1 saturated heterocycles. The number of benzene rings is 2. The van der Waals surface area contributed by atoms with Crippen molar-refractivity contribution in [3.05, 3.63) is 69.8 Å². The monoisotopic (exact) mass is 391 g/mol. The minimum absolute atomic E-state index is 0.0879. The number of likely N-dealkylation sites (tertiary alicyclic amines) is 1. The fourth-order valence-corrected chi connectivity index (χ4v) is 3.71. The lowest BCUT2D eigenvalue weighted by atomic mass is 10.0. The largest absolute Gasteiger partial charge is 0.488 e. The molecule has 0 saturated carbocycles. The topological polar surface area (TPSA) is 49.8 Å². The number of ether oxygens (including phenoxy) is 1. The molecule has 4 rings (SSSR count). The molecule has 0 aromatic heterocycles. The predicted octanol–water partition coefficient (Wildman–Crippen LogP) is 3.73. The van der Waals surface area contributed by atoms with E-state index in [1.165, 1.54) is 11.0 Å². The van der Waals surface area contributed by atoms with Gasteiger partial charge in [0.15, 0.2) is 11.6 Å². The quantitative estimate of drug-likeness (QED) is 0.848. The fourth-order valence-electron chi connectivity index (χ4n) is 3.53. The number of carbonyl (C=O) groups excluding carboxylic acids is 1. The van der Waals surface area contributed by atoms with Gasteiger partial charge in [-0.15, -0.1) is 0 Å². The van der Waals surface area contributed by atoms with Crippen LogP contribution in [0.4, 0.5) is 8.78 Å². The molecule has 140 valence electrons. The molecule has 0 unspecified atom stereocenters. The van der Waals surface area contributed by atoms with E-state index in [9.17, 15) is 18.7 Å². The van der Waals surface area contributed by atoms with Crippen LogP contribution in [0.2, 0.25) is 5.02 Å². The highest BCUT2D eigenvalue weighted by Crippen LogP contribution is 2.36. The zero-order chi connectivity index (χ0) is 19.1. The van der Waals surface area contributed by atoms with Crippen LogP contribution in [-0.2, 0) is 4.79 Å². The first-order valence-corrected chi connectivity index (χ1v) is 8.87. The highest BCUT2D eigenvalue weighted by Gasteiger charge is 2.37. The molecule has 0 bridgehead atoms. The lowest BCUT2D eigenvalue weighted by Gasteiger charge is -2.27.